The Morgan fingerprint density at radius 1 is 0.649 bits per heavy atom. The number of pyridine rings is 2. The quantitative estimate of drug-likeness (QED) is 0.0548. The van der Waals surface area contributed by atoms with Gasteiger partial charge in [0, 0.05) is 75.5 Å². The first-order valence-electron chi connectivity index (χ1n) is 25.7. The number of H-pyrrole nitrogens is 2. The molecular weight excluding hydrogens is 987 g/mol. The molecule has 0 spiro atoms. The van der Waals surface area contributed by atoms with E-state index in [2.05, 4.69) is 20.6 Å². The maximum atomic E-state index is 13.6. The van der Waals surface area contributed by atoms with Gasteiger partial charge in [0.25, 0.3) is 11.8 Å². The van der Waals surface area contributed by atoms with Gasteiger partial charge in [0.15, 0.2) is 6.73 Å². The highest BCUT2D eigenvalue weighted by Crippen LogP contribution is 2.42. The predicted octanol–water partition coefficient (Wildman–Crippen LogP) is 9.43. The number of phenols is 1. The van der Waals surface area contributed by atoms with E-state index in [1.807, 2.05) is 108 Å². The second kappa shape index (κ2) is 23.3. The van der Waals surface area contributed by atoms with E-state index in [0.29, 0.717) is 45.4 Å². The number of anilines is 2. The van der Waals surface area contributed by atoms with Gasteiger partial charge >= 0.3 is 6.09 Å². The van der Waals surface area contributed by atoms with Gasteiger partial charge in [-0.2, -0.15) is 0 Å². The molecule has 0 aliphatic carbocycles. The Morgan fingerprint density at radius 2 is 1.10 bits per heavy atom. The first-order chi connectivity index (χ1) is 35.9. The van der Waals surface area contributed by atoms with Crippen molar-refractivity contribution < 1.29 is 59.8 Å². The number of aliphatic hydroxyl groups is 4. The van der Waals surface area contributed by atoms with Crippen molar-refractivity contribution >= 4 is 51.1 Å². The lowest BCUT2D eigenvalue weighted by Crippen LogP contribution is -2.60. The van der Waals surface area contributed by atoms with E-state index in [1.54, 1.807) is 54.6 Å². The summed E-state index contributed by atoms with van der Waals surface area (Å²) in [5.74, 6) is -0.615. The topological polar surface area (TPSA) is 273 Å². The average Bonchev–Trinajstić information content (AvgIpc) is 3.34. The summed E-state index contributed by atoms with van der Waals surface area (Å²) in [5, 5.41) is 57.2. The van der Waals surface area contributed by atoms with Crippen LogP contribution in [0, 0.1) is 0 Å². The smallest absolute Gasteiger partial charge is 0.414 e. The van der Waals surface area contributed by atoms with Gasteiger partial charge in [-0.15, -0.1) is 0 Å². The highest BCUT2D eigenvalue weighted by atomic mass is 16.7. The number of phenolic OH excluding ortho intramolecular Hbond substituents is 1. The summed E-state index contributed by atoms with van der Waals surface area (Å²) in [5.41, 5.74) is 3.38. The lowest BCUT2D eigenvalue weighted by molar-refractivity contribution is -0.286. The van der Waals surface area contributed by atoms with Crippen molar-refractivity contribution in [2.45, 2.75) is 149 Å². The molecule has 0 radical (unpaired) electrons. The number of rotatable bonds is 11. The maximum absolute atomic E-state index is 13.6. The molecule has 0 bridgehead atoms. The van der Waals surface area contributed by atoms with E-state index in [0.717, 1.165) is 22.3 Å². The number of carbonyl (C=O) groups is 3. The SMILES string of the molecule is CC(C)(C)c1cc(C(C)(C)C)c(NC(=O)c2c[nH]c3ccccc3c2=O)cc1O.CCCN(COc1cc(NC(=O)c2c[nH]c3ccccc3c2=O)c(C(C)(C)C)cc1C(C)(C)C)C(=O)O[C@@H]1O[C@H](CO)[C@@H](O)[C@H](O)[C@H]1O.[HH].[HH].[HH].[HH]. The molecular formula is C59H83N5O13. The number of nitrogens with zero attached hydrogens (tertiary/aromatic N) is 1. The molecule has 3 heterocycles. The highest BCUT2D eigenvalue weighted by molar-refractivity contribution is 6.07. The van der Waals surface area contributed by atoms with E-state index in [-0.39, 0.29) is 52.1 Å². The fourth-order valence-corrected chi connectivity index (χ4v) is 8.94. The molecule has 18 nitrogen and oxygen atoms in total. The number of aromatic hydroxyl groups is 1. The molecule has 1 aliphatic rings. The van der Waals surface area contributed by atoms with Crippen LogP contribution in [0.25, 0.3) is 21.8 Å². The maximum Gasteiger partial charge on any atom is 0.414 e. The number of hydrogen-bond donors (Lipinski definition) is 9. The van der Waals surface area contributed by atoms with E-state index < -0.39 is 71.5 Å². The van der Waals surface area contributed by atoms with Crippen molar-refractivity contribution in [2.24, 2.45) is 0 Å². The number of amides is 3. The van der Waals surface area contributed by atoms with Gasteiger partial charge in [0.05, 0.1) is 6.61 Å². The van der Waals surface area contributed by atoms with Crippen LogP contribution < -0.4 is 26.2 Å². The highest BCUT2D eigenvalue weighted by Gasteiger charge is 2.46. The minimum absolute atomic E-state index is 0. The third kappa shape index (κ3) is 13.5. The summed E-state index contributed by atoms with van der Waals surface area (Å²) in [6.07, 6.45) is -5.54. The Balaban J connectivity index is 0.000000585. The van der Waals surface area contributed by atoms with Crippen LogP contribution in [0.3, 0.4) is 0 Å². The lowest BCUT2D eigenvalue weighted by Gasteiger charge is -2.39. The van der Waals surface area contributed by atoms with Crippen LogP contribution in [-0.4, -0.2) is 109 Å². The van der Waals surface area contributed by atoms with Gasteiger partial charge in [-0.05, 0) is 81.2 Å². The van der Waals surface area contributed by atoms with Gasteiger partial charge in [-0.25, -0.2) is 4.79 Å². The van der Waals surface area contributed by atoms with Crippen LogP contribution in [0.5, 0.6) is 11.5 Å². The first-order valence-corrected chi connectivity index (χ1v) is 25.7. The molecule has 2 aromatic heterocycles. The number of para-hydroxylation sites is 2. The van der Waals surface area contributed by atoms with E-state index in [1.165, 1.54) is 17.3 Å². The third-order valence-electron chi connectivity index (χ3n) is 13.2. The molecule has 1 aliphatic heterocycles. The van der Waals surface area contributed by atoms with Gasteiger partial charge in [-0.3, -0.25) is 24.1 Å². The third-order valence-corrected chi connectivity index (χ3v) is 13.2. The Labute approximate surface area is 454 Å². The van der Waals surface area contributed by atoms with E-state index in [9.17, 15) is 49.5 Å². The molecule has 422 valence electrons. The van der Waals surface area contributed by atoms with Crippen LogP contribution in [0.2, 0.25) is 0 Å². The second-order valence-electron chi connectivity index (χ2n) is 23.5. The largest absolute Gasteiger partial charge is 0.508 e. The molecule has 0 saturated carbocycles. The van der Waals surface area contributed by atoms with Gasteiger partial charge in [0.2, 0.25) is 17.1 Å². The fraction of sp³-hybridized carbons (Fsp3) is 0.441. The van der Waals surface area contributed by atoms with E-state index in [4.69, 9.17) is 14.2 Å². The van der Waals surface area contributed by atoms with Crippen LogP contribution in [0.15, 0.2) is 94.8 Å². The summed E-state index contributed by atoms with van der Waals surface area (Å²) in [7, 11) is 0. The molecule has 18 heteroatoms. The standard InChI is InChI=1S/C35H47N3O10.C24H28N2O3.4H2/c1-8-13-38(33(45)48-32-30(43)29(42)28(41)26(17-39)47-32)18-46-25-15-24(21(34(2,3)4)14-22(25)35(5,6)7)37-31(44)20-16-36-23-12-10-9-11-19(23)27(20)40;1-23(2,3)16-11-17(24(4,5)6)20(27)12-19(16)26-22(29)15-13-25-18-10-8-7-9-14(18)21(15)28;;;;/h9-12,14-16,26,28-30,32,39,41-43H,8,13,17-18H2,1-7H3,(H,36,40)(H,37,44);7-13,27H,1-6H3,(H,25,28)(H,26,29);4*1H/t26-,28-,29+,30-,32+;;;;;/m1...../s1. The zero-order chi connectivity index (χ0) is 57.1. The van der Waals surface area contributed by atoms with Crippen molar-refractivity contribution in [1.29, 1.82) is 0 Å². The molecule has 4 aromatic carbocycles. The molecule has 77 heavy (non-hydrogen) atoms. The summed E-state index contributed by atoms with van der Waals surface area (Å²) >= 11 is 0. The number of fused-ring (bicyclic) bond motifs is 2. The van der Waals surface area contributed by atoms with Crippen LogP contribution in [0.1, 0.15) is 145 Å². The number of ether oxygens (including phenoxy) is 3. The minimum atomic E-state index is -1.76. The van der Waals surface area contributed by atoms with E-state index >= 15 is 0 Å². The predicted molar refractivity (Wildman–Crippen MR) is 306 cm³/mol. The molecule has 0 unspecified atom stereocenters. The molecule has 6 aromatic rings. The lowest BCUT2D eigenvalue weighted by atomic mass is 9.79. The average molecular weight is 1070 g/mol. The number of benzene rings is 4. The van der Waals surface area contributed by atoms with Crippen molar-refractivity contribution in [1.82, 2.24) is 14.9 Å². The summed E-state index contributed by atoms with van der Waals surface area (Å²) < 4.78 is 16.9. The van der Waals surface area contributed by atoms with Crippen molar-refractivity contribution in [2.75, 3.05) is 30.5 Å². The molecule has 7 rings (SSSR count). The molecule has 1 fully saturated rings. The Kier molecular flexibility index (Phi) is 17.9. The number of carbonyl (C=O) groups excluding carboxylic acids is 3. The first kappa shape index (κ1) is 59.2. The molecule has 9 N–H and O–H groups in total. The minimum Gasteiger partial charge on any atom is -0.508 e. The second-order valence-corrected chi connectivity index (χ2v) is 23.5. The van der Waals surface area contributed by atoms with Crippen molar-refractivity contribution in [3.8, 4) is 11.5 Å². The molecule has 5 atom stereocenters. The Bertz CT molecular complexity index is 3270. The van der Waals surface area contributed by atoms with Crippen molar-refractivity contribution in [3.05, 3.63) is 139 Å². The monoisotopic (exact) mass is 1070 g/mol. The Hall–Kier alpha value is -7.09. The molecule has 1 saturated heterocycles. The summed E-state index contributed by atoms with van der Waals surface area (Å²) in [6, 6.07) is 21.2. The zero-order valence-electron chi connectivity index (χ0n) is 46.2. The number of nitrogens with one attached hydrogen (secondary N) is 4. The van der Waals surface area contributed by atoms with Crippen LogP contribution in [-0.2, 0) is 31.1 Å². The fourth-order valence-electron chi connectivity index (χ4n) is 8.94. The van der Waals surface area contributed by atoms with Crippen LogP contribution >= 0.6 is 0 Å². The van der Waals surface area contributed by atoms with Gasteiger partial charge in [-0.1, -0.05) is 114 Å². The number of aliphatic hydroxyl groups excluding tert-OH is 4. The number of hydrogen-bond acceptors (Lipinski definition) is 13. The Morgan fingerprint density at radius 3 is 1.56 bits per heavy atom. The van der Waals surface area contributed by atoms with Crippen LogP contribution in [0.4, 0.5) is 16.2 Å². The molecule has 3 amide bonds. The van der Waals surface area contributed by atoms with Gasteiger partial charge in [0.1, 0.15) is 47.0 Å². The van der Waals surface area contributed by atoms with Gasteiger partial charge < -0.3 is 60.3 Å². The number of aromatic nitrogens is 2. The summed E-state index contributed by atoms with van der Waals surface area (Å²) in [6.45, 7) is 25.3. The number of aromatic amines is 2. The van der Waals surface area contributed by atoms with Crippen molar-refractivity contribution in [3.63, 3.8) is 0 Å². The zero-order valence-corrected chi connectivity index (χ0v) is 46.2. The normalized spacial score (nSPS) is 18.0. The summed E-state index contributed by atoms with van der Waals surface area (Å²) in [4.78, 5) is 73.0.